The van der Waals surface area contributed by atoms with Crippen LogP contribution in [-0.4, -0.2) is 27.9 Å². The number of para-hydroxylation sites is 1. The average molecular weight is 395 g/mol. The van der Waals surface area contributed by atoms with Gasteiger partial charge in [0.05, 0.1) is 11.4 Å². The fraction of sp³-hybridized carbons (Fsp3) is 0.500. The molecular formula is C18H23FN4OS2. The third-order valence-electron chi connectivity index (χ3n) is 4.90. The maximum atomic E-state index is 13.7. The van der Waals surface area contributed by atoms with Crippen LogP contribution in [0.1, 0.15) is 33.1 Å². The summed E-state index contributed by atoms with van der Waals surface area (Å²) < 4.78 is 14.3. The van der Waals surface area contributed by atoms with E-state index >= 15 is 0 Å². The van der Waals surface area contributed by atoms with E-state index in [4.69, 9.17) is 0 Å². The van der Waals surface area contributed by atoms with Crippen LogP contribution in [-0.2, 0) is 4.79 Å². The van der Waals surface area contributed by atoms with Crippen molar-refractivity contribution in [2.75, 3.05) is 11.1 Å². The highest BCUT2D eigenvalue weighted by atomic mass is 32.2. The highest BCUT2D eigenvalue weighted by Gasteiger charge is 2.28. The molecule has 1 aliphatic carbocycles. The van der Waals surface area contributed by atoms with Gasteiger partial charge in [-0.1, -0.05) is 61.9 Å². The lowest BCUT2D eigenvalue weighted by Crippen LogP contribution is -2.44. The Hall–Kier alpha value is -1.67. The van der Waals surface area contributed by atoms with Crippen LogP contribution < -0.4 is 10.6 Å². The number of amides is 1. The smallest absolute Gasteiger partial charge is 0.230 e. The Bertz CT molecular complexity index is 754. The van der Waals surface area contributed by atoms with Crippen LogP contribution in [0.25, 0.3) is 0 Å². The van der Waals surface area contributed by atoms with Gasteiger partial charge in [-0.3, -0.25) is 4.79 Å². The first kappa shape index (κ1) is 19.1. The van der Waals surface area contributed by atoms with Crippen LogP contribution in [0, 0.1) is 17.7 Å². The van der Waals surface area contributed by atoms with Crippen molar-refractivity contribution < 1.29 is 9.18 Å². The minimum Gasteiger partial charge on any atom is -0.352 e. The van der Waals surface area contributed by atoms with Gasteiger partial charge in [0.15, 0.2) is 4.34 Å². The van der Waals surface area contributed by atoms with Crippen molar-refractivity contribution in [2.45, 2.75) is 43.5 Å². The summed E-state index contributed by atoms with van der Waals surface area (Å²) in [6, 6.07) is 6.67. The van der Waals surface area contributed by atoms with E-state index in [2.05, 4.69) is 34.7 Å². The largest absolute Gasteiger partial charge is 0.352 e. The fourth-order valence-electron chi connectivity index (χ4n) is 3.16. The molecule has 8 heteroatoms. The summed E-state index contributed by atoms with van der Waals surface area (Å²) in [6.45, 7) is 4.47. The summed E-state index contributed by atoms with van der Waals surface area (Å²) in [5.41, 5.74) is 0.360. The number of rotatable bonds is 6. The number of carbonyl (C=O) groups is 1. The average Bonchev–Trinajstić information content (AvgIpc) is 3.07. The van der Waals surface area contributed by atoms with Gasteiger partial charge in [-0.2, -0.15) is 0 Å². The molecule has 1 fully saturated rings. The Morgan fingerprint density at radius 1 is 1.31 bits per heavy atom. The molecule has 5 nitrogen and oxygen atoms in total. The number of carbonyl (C=O) groups excluding carboxylic acids is 1. The zero-order chi connectivity index (χ0) is 18.5. The normalized spacial score (nSPS) is 22.8. The zero-order valence-corrected chi connectivity index (χ0v) is 16.5. The summed E-state index contributed by atoms with van der Waals surface area (Å²) in [6.07, 6.45) is 3.47. The standard InChI is InChI=1S/C18H23FN4OS2/c1-11-6-5-9-14(12(11)2)20-16(24)10-25-18-23-22-17(26-18)21-15-8-4-3-7-13(15)19/h3-4,7-8,11-12,14H,5-6,9-10H2,1-2H3,(H,20,24)(H,21,22)/t11-,12+,14+/m0/s1. The van der Waals surface area contributed by atoms with Crippen molar-refractivity contribution in [2.24, 2.45) is 11.8 Å². The molecule has 3 rings (SSSR count). The number of anilines is 2. The molecule has 0 spiro atoms. The van der Waals surface area contributed by atoms with Gasteiger partial charge in [0.1, 0.15) is 5.82 Å². The van der Waals surface area contributed by atoms with Crippen LogP contribution in [0.3, 0.4) is 0 Å². The first-order chi connectivity index (χ1) is 12.5. The quantitative estimate of drug-likeness (QED) is 0.709. The SMILES string of the molecule is C[C@@H]1[C@@H](C)CCC[C@H]1NC(=O)CSc1nnc(Nc2ccccc2F)s1. The summed E-state index contributed by atoms with van der Waals surface area (Å²) in [5, 5.41) is 14.6. The molecule has 0 bridgehead atoms. The predicted octanol–water partition coefficient (Wildman–Crippen LogP) is 4.45. The molecule has 0 aliphatic heterocycles. The minimum atomic E-state index is -0.341. The second-order valence-corrected chi connectivity index (χ2v) is 8.91. The van der Waals surface area contributed by atoms with Crippen molar-refractivity contribution in [3.8, 4) is 0 Å². The Balaban J connectivity index is 1.48. The lowest BCUT2D eigenvalue weighted by Gasteiger charge is -2.34. The number of nitrogens with zero attached hydrogens (tertiary/aromatic N) is 2. The number of thioether (sulfide) groups is 1. The molecule has 1 amide bonds. The number of benzene rings is 1. The van der Waals surface area contributed by atoms with Gasteiger partial charge >= 0.3 is 0 Å². The van der Waals surface area contributed by atoms with Crippen LogP contribution in [0.15, 0.2) is 28.6 Å². The number of hydrogen-bond donors (Lipinski definition) is 2. The highest BCUT2D eigenvalue weighted by Crippen LogP contribution is 2.30. The lowest BCUT2D eigenvalue weighted by molar-refractivity contribution is -0.119. The molecule has 140 valence electrons. The third-order valence-corrected chi connectivity index (χ3v) is 6.87. The first-order valence-electron chi connectivity index (χ1n) is 8.80. The van der Waals surface area contributed by atoms with E-state index in [1.54, 1.807) is 18.2 Å². The molecule has 1 saturated carbocycles. The monoisotopic (exact) mass is 394 g/mol. The topological polar surface area (TPSA) is 66.9 Å². The predicted molar refractivity (Wildman–Crippen MR) is 104 cm³/mol. The summed E-state index contributed by atoms with van der Waals surface area (Å²) >= 11 is 2.66. The molecular weight excluding hydrogens is 371 g/mol. The van der Waals surface area contributed by atoms with Gasteiger partial charge in [-0.25, -0.2) is 4.39 Å². The van der Waals surface area contributed by atoms with E-state index < -0.39 is 0 Å². The molecule has 0 unspecified atom stereocenters. The Morgan fingerprint density at radius 2 is 2.12 bits per heavy atom. The van der Waals surface area contributed by atoms with Gasteiger partial charge in [0, 0.05) is 6.04 Å². The number of nitrogens with one attached hydrogen (secondary N) is 2. The molecule has 26 heavy (non-hydrogen) atoms. The zero-order valence-electron chi connectivity index (χ0n) is 14.9. The van der Waals surface area contributed by atoms with Crippen LogP contribution >= 0.6 is 23.1 Å². The maximum Gasteiger partial charge on any atom is 0.230 e. The van der Waals surface area contributed by atoms with Gasteiger partial charge in [-0.15, -0.1) is 10.2 Å². The van der Waals surface area contributed by atoms with Crippen molar-refractivity contribution in [1.82, 2.24) is 15.5 Å². The fourth-order valence-corrected chi connectivity index (χ4v) is 4.73. The Morgan fingerprint density at radius 3 is 2.92 bits per heavy atom. The Kier molecular flexibility index (Phi) is 6.48. The first-order valence-corrected chi connectivity index (χ1v) is 10.6. The minimum absolute atomic E-state index is 0.0276. The molecule has 2 aromatic rings. The molecule has 1 heterocycles. The van der Waals surface area contributed by atoms with Crippen LogP contribution in [0.4, 0.5) is 15.2 Å². The second kappa shape index (κ2) is 8.81. The van der Waals surface area contributed by atoms with E-state index in [-0.39, 0.29) is 17.8 Å². The van der Waals surface area contributed by atoms with Gasteiger partial charge < -0.3 is 10.6 Å². The van der Waals surface area contributed by atoms with Crippen molar-refractivity contribution in [3.05, 3.63) is 30.1 Å². The van der Waals surface area contributed by atoms with Crippen molar-refractivity contribution in [1.29, 1.82) is 0 Å². The van der Waals surface area contributed by atoms with E-state index in [1.807, 2.05) is 0 Å². The van der Waals surface area contributed by atoms with E-state index in [9.17, 15) is 9.18 Å². The number of halogens is 1. The molecule has 1 aromatic carbocycles. The number of aromatic nitrogens is 2. The molecule has 0 radical (unpaired) electrons. The van der Waals surface area contributed by atoms with E-state index in [0.717, 1.165) is 6.42 Å². The summed E-state index contributed by atoms with van der Waals surface area (Å²) in [4.78, 5) is 12.2. The van der Waals surface area contributed by atoms with E-state index in [0.29, 0.717) is 32.7 Å². The van der Waals surface area contributed by atoms with Crippen molar-refractivity contribution in [3.63, 3.8) is 0 Å². The van der Waals surface area contributed by atoms with Crippen molar-refractivity contribution >= 4 is 39.8 Å². The Labute approximate surface area is 161 Å². The highest BCUT2D eigenvalue weighted by molar-refractivity contribution is 8.01. The second-order valence-electron chi connectivity index (χ2n) is 6.71. The number of hydrogen-bond acceptors (Lipinski definition) is 6. The van der Waals surface area contributed by atoms with Gasteiger partial charge in [0.25, 0.3) is 0 Å². The van der Waals surface area contributed by atoms with Crippen LogP contribution in [0.2, 0.25) is 0 Å². The van der Waals surface area contributed by atoms with Gasteiger partial charge in [-0.05, 0) is 30.4 Å². The maximum absolute atomic E-state index is 13.7. The summed E-state index contributed by atoms with van der Waals surface area (Å²) in [7, 11) is 0. The lowest BCUT2D eigenvalue weighted by atomic mass is 9.78. The third kappa shape index (κ3) is 4.94. The van der Waals surface area contributed by atoms with Gasteiger partial charge in [0.2, 0.25) is 11.0 Å². The molecule has 1 aliphatic rings. The van der Waals surface area contributed by atoms with Crippen LogP contribution in [0.5, 0.6) is 0 Å². The molecule has 2 N–H and O–H groups in total. The molecule has 0 saturated heterocycles. The molecule has 1 aromatic heterocycles. The molecule has 3 atom stereocenters. The summed E-state index contributed by atoms with van der Waals surface area (Å²) in [5.74, 6) is 1.16. The van der Waals surface area contributed by atoms with E-state index in [1.165, 1.54) is 42.0 Å².